The Morgan fingerprint density at radius 1 is 1.36 bits per heavy atom. The monoisotopic (exact) mass is 226 g/mol. The smallest absolute Gasteiger partial charge is 0.370 e. The van der Waals surface area contributed by atoms with Crippen molar-refractivity contribution in [1.82, 2.24) is 0 Å². The van der Waals surface area contributed by atoms with Gasteiger partial charge in [-0.15, -0.1) is 0 Å². The molecule has 0 saturated heterocycles. The normalized spacial score (nSPS) is 13.9. The Labute approximate surface area is 82.7 Å². The summed E-state index contributed by atoms with van der Waals surface area (Å²) in [6, 6.07) is 0. The Hall–Kier alpha value is -0.420. The van der Waals surface area contributed by atoms with E-state index in [1.807, 2.05) is 0 Å². The maximum Gasteiger partial charge on any atom is 0.370 e. The van der Waals surface area contributed by atoms with Crippen molar-refractivity contribution in [3.8, 4) is 0 Å². The van der Waals surface area contributed by atoms with Crippen LogP contribution in [0.3, 0.4) is 0 Å². The van der Waals surface area contributed by atoms with Gasteiger partial charge in [-0.05, 0) is 13.8 Å². The highest BCUT2D eigenvalue weighted by Crippen LogP contribution is 2.53. The van der Waals surface area contributed by atoms with Crippen LogP contribution in [0.2, 0.25) is 0 Å². The van der Waals surface area contributed by atoms with Crippen molar-refractivity contribution < 1.29 is 28.3 Å². The molecule has 0 saturated carbocycles. The maximum absolute atomic E-state index is 11.8. The Morgan fingerprint density at radius 3 is 2.00 bits per heavy atom. The fourth-order valence-electron chi connectivity index (χ4n) is 0.898. The van der Waals surface area contributed by atoms with Crippen LogP contribution in [0.25, 0.3) is 0 Å². The van der Waals surface area contributed by atoms with Gasteiger partial charge in [0.2, 0.25) is 0 Å². The lowest BCUT2D eigenvalue weighted by Crippen LogP contribution is -2.24. The van der Waals surface area contributed by atoms with Gasteiger partial charge in [0.15, 0.2) is 0 Å². The summed E-state index contributed by atoms with van der Waals surface area (Å²) >= 11 is 0. The fraction of sp³-hybridized carbons (Fsp3) is 0.857. The minimum absolute atomic E-state index is 0.102. The highest BCUT2D eigenvalue weighted by Gasteiger charge is 2.41. The van der Waals surface area contributed by atoms with Crippen molar-refractivity contribution in [2.75, 3.05) is 20.3 Å². The van der Waals surface area contributed by atoms with Gasteiger partial charge in [-0.3, -0.25) is 4.57 Å². The largest absolute Gasteiger partial charge is 0.479 e. The van der Waals surface area contributed by atoms with Crippen LogP contribution in [0.4, 0.5) is 0 Å². The first-order chi connectivity index (χ1) is 6.51. The molecule has 0 spiro atoms. The predicted molar refractivity (Wildman–Crippen MR) is 49.3 cm³/mol. The molecule has 84 valence electrons. The van der Waals surface area contributed by atoms with E-state index in [4.69, 9.17) is 14.2 Å². The standard InChI is InChI=1S/C7H15O6P/c1-4-12-14(10,13-5-2)7(11-3)6(8)9/h7H,4-5H2,1-3H3,(H,8,9). The van der Waals surface area contributed by atoms with Gasteiger partial charge in [-0.25, -0.2) is 4.79 Å². The van der Waals surface area contributed by atoms with E-state index in [2.05, 4.69) is 4.74 Å². The third kappa shape index (κ3) is 3.38. The third-order valence-electron chi connectivity index (χ3n) is 1.34. The first kappa shape index (κ1) is 13.6. The van der Waals surface area contributed by atoms with Crippen LogP contribution in [0.1, 0.15) is 13.8 Å². The van der Waals surface area contributed by atoms with E-state index in [1.54, 1.807) is 13.8 Å². The summed E-state index contributed by atoms with van der Waals surface area (Å²) in [4.78, 5) is 10.7. The summed E-state index contributed by atoms with van der Waals surface area (Å²) in [6.45, 7) is 3.40. The average Bonchev–Trinajstić information content (AvgIpc) is 2.04. The summed E-state index contributed by atoms with van der Waals surface area (Å²) in [5.74, 6) is -2.93. The molecule has 1 N–H and O–H groups in total. The third-order valence-corrected chi connectivity index (χ3v) is 3.58. The van der Waals surface area contributed by atoms with Crippen molar-refractivity contribution in [3.05, 3.63) is 0 Å². The molecule has 0 aromatic carbocycles. The second-order valence-corrected chi connectivity index (χ2v) is 4.37. The molecule has 0 heterocycles. The molecule has 0 amide bonds. The zero-order chi connectivity index (χ0) is 11.2. The molecule has 0 aliphatic rings. The molecule has 1 atom stereocenters. The second-order valence-electron chi connectivity index (χ2n) is 2.30. The number of carbonyl (C=O) groups is 1. The number of carboxylic acids is 1. The Kier molecular flexibility index (Phi) is 5.95. The molecule has 0 aliphatic carbocycles. The summed E-state index contributed by atoms with van der Waals surface area (Å²) in [7, 11) is -2.57. The topological polar surface area (TPSA) is 82.1 Å². The Morgan fingerprint density at radius 2 is 1.79 bits per heavy atom. The zero-order valence-electron chi connectivity index (χ0n) is 8.43. The van der Waals surface area contributed by atoms with E-state index >= 15 is 0 Å². The molecule has 1 unspecified atom stereocenters. The second kappa shape index (κ2) is 6.14. The lowest BCUT2D eigenvalue weighted by atomic mass is 10.7. The summed E-state index contributed by atoms with van der Waals surface area (Å²) in [6.07, 6.45) is 0. The highest BCUT2D eigenvalue weighted by molar-refractivity contribution is 7.55. The lowest BCUT2D eigenvalue weighted by Gasteiger charge is -2.21. The lowest BCUT2D eigenvalue weighted by molar-refractivity contribution is -0.144. The number of methoxy groups -OCH3 is 1. The fourth-order valence-corrected chi connectivity index (χ4v) is 2.49. The molecule has 7 heteroatoms. The van der Waals surface area contributed by atoms with E-state index in [1.165, 1.54) is 0 Å². The SMILES string of the molecule is CCOP(=O)(OCC)C(OC)C(=O)O. The van der Waals surface area contributed by atoms with Crippen molar-refractivity contribution in [1.29, 1.82) is 0 Å². The summed E-state index contributed by atoms with van der Waals surface area (Å²) in [5, 5.41) is 8.70. The Balaban J connectivity index is 4.76. The predicted octanol–water partition coefficient (Wildman–Crippen LogP) is 1.31. The molecule has 14 heavy (non-hydrogen) atoms. The molecule has 0 aromatic heterocycles. The first-order valence-electron chi connectivity index (χ1n) is 4.16. The van der Waals surface area contributed by atoms with Gasteiger partial charge < -0.3 is 18.9 Å². The van der Waals surface area contributed by atoms with Crippen LogP contribution in [0, 0.1) is 0 Å². The Bertz CT molecular complexity index is 218. The molecule has 0 bridgehead atoms. The number of hydrogen-bond acceptors (Lipinski definition) is 5. The van der Waals surface area contributed by atoms with Crippen molar-refractivity contribution in [2.45, 2.75) is 19.7 Å². The quantitative estimate of drug-likeness (QED) is 0.659. The van der Waals surface area contributed by atoms with E-state index in [-0.39, 0.29) is 13.2 Å². The van der Waals surface area contributed by atoms with Crippen LogP contribution in [-0.2, 0) is 23.1 Å². The zero-order valence-corrected chi connectivity index (χ0v) is 9.32. The number of rotatable bonds is 7. The van der Waals surface area contributed by atoms with E-state index < -0.39 is 19.4 Å². The van der Waals surface area contributed by atoms with E-state index in [0.29, 0.717) is 0 Å². The van der Waals surface area contributed by atoms with Gasteiger partial charge in [-0.2, -0.15) is 0 Å². The molecule has 0 rings (SSSR count). The van der Waals surface area contributed by atoms with Crippen LogP contribution in [0.5, 0.6) is 0 Å². The molecule has 6 nitrogen and oxygen atoms in total. The number of ether oxygens (including phenoxy) is 1. The molecule has 0 fully saturated rings. The van der Waals surface area contributed by atoms with E-state index in [9.17, 15) is 9.36 Å². The van der Waals surface area contributed by atoms with Gasteiger partial charge in [0, 0.05) is 7.11 Å². The van der Waals surface area contributed by atoms with Gasteiger partial charge in [0.05, 0.1) is 13.2 Å². The van der Waals surface area contributed by atoms with Crippen molar-refractivity contribution in [2.24, 2.45) is 0 Å². The number of hydrogen-bond donors (Lipinski definition) is 1. The summed E-state index contributed by atoms with van der Waals surface area (Å²) < 4.78 is 26.0. The van der Waals surface area contributed by atoms with Crippen molar-refractivity contribution >= 4 is 13.6 Å². The number of carboxylic acid groups (broad SMARTS) is 1. The van der Waals surface area contributed by atoms with Crippen LogP contribution in [-0.4, -0.2) is 37.2 Å². The van der Waals surface area contributed by atoms with Crippen LogP contribution >= 0.6 is 7.60 Å². The van der Waals surface area contributed by atoms with Crippen LogP contribution in [0.15, 0.2) is 0 Å². The molecular formula is C7H15O6P. The van der Waals surface area contributed by atoms with Gasteiger partial charge in [0.25, 0.3) is 5.85 Å². The van der Waals surface area contributed by atoms with Crippen molar-refractivity contribution in [3.63, 3.8) is 0 Å². The minimum atomic E-state index is -3.71. The molecule has 0 aromatic rings. The number of aliphatic carboxylic acids is 1. The van der Waals surface area contributed by atoms with Crippen LogP contribution < -0.4 is 0 Å². The minimum Gasteiger partial charge on any atom is -0.479 e. The molecular weight excluding hydrogens is 211 g/mol. The first-order valence-corrected chi connectivity index (χ1v) is 5.77. The molecule has 0 aliphatic heterocycles. The van der Waals surface area contributed by atoms with E-state index in [0.717, 1.165) is 7.11 Å². The average molecular weight is 226 g/mol. The maximum atomic E-state index is 11.8. The molecule has 0 radical (unpaired) electrons. The van der Waals surface area contributed by atoms with Gasteiger partial charge in [-0.1, -0.05) is 0 Å². The summed E-state index contributed by atoms with van der Waals surface area (Å²) in [5.41, 5.74) is 0. The van der Waals surface area contributed by atoms with Gasteiger partial charge in [0.1, 0.15) is 0 Å². The van der Waals surface area contributed by atoms with Gasteiger partial charge >= 0.3 is 13.6 Å². The highest BCUT2D eigenvalue weighted by atomic mass is 31.2.